The standard InChI is InChI=1S/C12H8ClF3O2S/c1-5-2-7(13)3-6-4-8(11(17)18)10(12(14,15)16)19-9(5)6/h2-4,10H,1H3,(H,17,18). The third-order valence-electron chi connectivity index (χ3n) is 2.64. The monoisotopic (exact) mass is 308 g/mol. The van der Waals surface area contributed by atoms with Gasteiger partial charge in [-0.3, -0.25) is 0 Å². The summed E-state index contributed by atoms with van der Waals surface area (Å²) in [6.07, 6.45) is -3.57. The molecule has 0 aliphatic carbocycles. The van der Waals surface area contributed by atoms with E-state index in [-0.39, 0.29) is 0 Å². The Morgan fingerprint density at radius 3 is 2.58 bits per heavy atom. The van der Waals surface area contributed by atoms with Crippen LogP contribution in [-0.2, 0) is 4.79 Å². The molecule has 0 fully saturated rings. The van der Waals surface area contributed by atoms with Gasteiger partial charge in [0.05, 0.1) is 5.57 Å². The van der Waals surface area contributed by atoms with Crippen LogP contribution in [-0.4, -0.2) is 22.5 Å². The highest BCUT2D eigenvalue weighted by Gasteiger charge is 2.47. The minimum absolute atomic E-state index is 0.364. The van der Waals surface area contributed by atoms with Crippen molar-refractivity contribution in [1.82, 2.24) is 0 Å². The van der Waals surface area contributed by atoms with Crippen LogP contribution in [0.3, 0.4) is 0 Å². The highest BCUT2D eigenvalue weighted by molar-refractivity contribution is 8.00. The number of hydrogen-bond donors (Lipinski definition) is 1. The van der Waals surface area contributed by atoms with E-state index in [1.807, 2.05) is 0 Å². The van der Waals surface area contributed by atoms with Crippen molar-refractivity contribution in [3.8, 4) is 0 Å². The van der Waals surface area contributed by atoms with Crippen molar-refractivity contribution in [2.45, 2.75) is 23.2 Å². The highest BCUT2D eigenvalue weighted by Crippen LogP contribution is 2.46. The smallest absolute Gasteiger partial charge is 0.405 e. The fourth-order valence-electron chi connectivity index (χ4n) is 1.87. The number of alkyl halides is 3. The van der Waals surface area contributed by atoms with Crippen molar-refractivity contribution >= 4 is 35.4 Å². The van der Waals surface area contributed by atoms with Crippen LogP contribution in [0.2, 0.25) is 5.02 Å². The second-order valence-electron chi connectivity index (χ2n) is 4.09. The lowest BCUT2D eigenvalue weighted by Crippen LogP contribution is -2.32. The van der Waals surface area contributed by atoms with Crippen molar-refractivity contribution < 1.29 is 23.1 Å². The summed E-state index contributed by atoms with van der Waals surface area (Å²) in [4.78, 5) is 11.4. The lowest BCUT2D eigenvalue weighted by molar-refractivity contribution is -0.140. The number of carboxylic acids is 1. The highest BCUT2D eigenvalue weighted by atomic mass is 35.5. The Bertz CT molecular complexity index is 581. The molecule has 0 radical (unpaired) electrons. The Morgan fingerprint density at radius 1 is 1.42 bits per heavy atom. The molecule has 1 unspecified atom stereocenters. The molecule has 0 amide bonds. The average Bonchev–Trinajstić information content (AvgIpc) is 2.25. The number of fused-ring (bicyclic) bond motifs is 1. The Kier molecular flexibility index (Phi) is 3.57. The molecule has 1 atom stereocenters. The van der Waals surface area contributed by atoms with Gasteiger partial charge in [0, 0.05) is 9.92 Å². The second-order valence-corrected chi connectivity index (χ2v) is 5.64. The number of carbonyl (C=O) groups is 1. The molecular formula is C12H8ClF3O2S. The summed E-state index contributed by atoms with van der Waals surface area (Å²) in [5.41, 5.74) is 0.335. The molecule has 0 bridgehead atoms. The van der Waals surface area contributed by atoms with Crippen molar-refractivity contribution in [3.63, 3.8) is 0 Å². The van der Waals surface area contributed by atoms with E-state index in [2.05, 4.69) is 0 Å². The van der Waals surface area contributed by atoms with E-state index in [0.29, 0.717) is 32.8 Å². The van der Waals surface area contributed by atoms with Gasteiger partial charge < -0.3 is 5.11 Å². The zero-order valence-corrected chi connectivity index (χ0v) is 11.2. The van der Waals surface area contributed by atoms with Crippen molar-refractivity contribution in [2.24, 2.45) is 0 Å². The minimum Gasteiger partial charge on any atom is -0.478 e. The molecule has 19 heavy (non-hydrogen) atoms. The average molecular weight is 309 g/mol. The molecule has 0 saturated heterocycles. The number of rotatable bonds is 1. The normalized spacial score (nSPS) is 18.8. The van der Waals surface area contributed by atoms with Gasteiger partial charge in [-0.1, -0.05) is 11.6 Å². The zero-order chi connectivity index (χ0) is 14.4. The van der Waals surface area contributed by atoms with E-state index in [1.54, 1.807) is 13.0 Å². The van der Waals surface area contributed by atoms with Crippen LogP contribution < -0.4 is 0 Å². The van der Waals surface area contributed by atoms with Gasteiger partial charge in [0.2, 0.25) is 0 Å². The summed E-state index contributed by atoms with van der Waals surface area (Å²) in [6.45, 7) is 1.64. The van der Waals surface area contributed by atoms with Gasteiger partial charge >= 0.3 is 12.1 Å². The van der Waals surface area contributed by atoms with Gasteiger partial charge in [-0.15, -0.1) is 11.8 Å². The molecule has 2 nitrogen and oxygen atoms in total. The molecule has 1 aliphatic rings. The van der Waals surface area contributed by atoms with Gasteiger partial charge in [-0.05, 0) is 36.3 Å². The quantitative estimate of drug-likeness (QED) is 0.846. The molecule has 2 rings (SSSR count). The lowest BCUT2D eigenvalue weighted by Gasteiger charge is -2.26. The van der Waals surface area contributed by atoms with Gasteiger partial charge in [0.1, 0.15) is 5.25 Å². The Balaban J connectivity index is 2.61. The van der Waals surface area contributed by atoms with E-state index in [9.17, 15) is 18.0 Å². The predicted octanol–water partition coefficient (Wildman–Crippen LogP) is 4.15. The molecule has 0 spiro atoms. The number of benzene rings is 1. The number of carboxylic acid groups (broad SMARTS) is 1. The number of aryl methyl sites for hydroxylation is 1. The number of aliphatic carboxylic acids is 1. The summed E-state index contributed by atoms with van der Waals surface area (Å²) in [6, 6.07) is 3.02. The third-order valence-corrected chi connectivity index (χ3v) is 4.41. The first-order valence-corrected chi connectivity index (χ1v) is 6.44. The van der Waals surface area contributed by atoms with Crippen LogP contribution in [0.5, 0.6) is 0 Å². The third kappa shape index (κ3) is 2.74. The van der Waals surface area contributed by atoms with Crippen LogP contribution in [0.15, 0.2) is 22.6 Å². The summed E-state index contributed by atoms with van der Waals surface area (Å²) >= 11 is 6.33. The number of halogens is 4. The fourth-order valence-corrected chi connectivity index (χ4v) is 3.31. The summed E-state index contributed by atoms with van der Waals surface area (Å²) in [5, 5.41) is 7.23. The molecule has 0 aromatic heterocycles. The molecular weight excluding hydrogens is 301 g/mol. The number of thioether (sulfide) groups is 1. The lowest BCUT2D eigenvalue weighted by atomic mass is 10.0. The molecule has 102 valence electrons. The van der Waals surface area contributed by atoms with Gasteiger partial charge in [-0.25, -0.2) is 4.79 Å². The van der Waals surface area contributed by atoms with Crippen molar-refractivity contribution in [3.05, 3.63) is 33.9 Å². The first-order valence-electron chi connectivity index (χ1n) is 5.18. The molecule has 1 N–H and O–H groups in total. The first-order chi connectivity index (χ1) is 8.70. The largest absolute Gasteiger partial charge is 0.478 e. The van der Waals surface area contributed by atoms with Crippen molar-refractivity contribution in [2.75, 3.05) is 0 Å². The summed E-state index contributed by atoms with van der Waals surface area (Å²) < 4.78 is 38.7. The van der Waals surface area contributed by atoms with E-state index >= 15 is 0 Å². The molecule has 1 aromatic carbocycles. The van der Waals surface area contributed by atoms with Crippen LogP contribution in [0.1, 0.15) is 11.1 Å². The zero-order valence-electron chi connectivity index (χ0n) is 9.58. The molecule has 1 aromatic rings. The molecule has 1 heterocycles. The Morgan fingerprint density at radius 2 is 2.05 bits per heavy atom. The topological polar surface area (TPSA) is 37.3 Å². The maximum atomic E-state index is 12.9. The van der Waals surface area contributed by atoms with Crippen molar-refractivity contribution in [1.29, 1.82) is 0 Å². The Hall–Kier alpha value is -1.14. The summed E-state index contributed by atoms with van der Waals surface area (Å²) in [7, 11) is 0. The van der Waals surface area contributed by atoms with Crippen LogP contribution in [0.25, 0.3) is 6.08 Å². The molecule has 7 heteroatoms. The number of hydrogen-bond acceptors (Lipinski definition) is 2. The summed E-state index contributed by atoms with van der Waals surface area (Å²) in [5.74, 6) is -1.57. The maximum Gasteiger partial charge on any atom is 0.405 e. The fraction of sp³-hybridized carbons (Fsp3) is 0.250. The van der Waals surface area contributed by atoms with Crippen LogP contribution >= 0.6 is 23.4 Å². The minimum atomic E-state index is -4.61. The first kappa shape index (κ1) is 14.3. The van der Waals surface area contributed by atoms with Crippen LogP contribution in [0.4, 0.5) is 13.2 Å². The van der Waals surface area contributed by atoms with Crippen LogP contribution in [0, 0.1) is 6.92 Å². The van der Waals surface area contributed by atoms with Gasteiger partial charge in [0.25, 0.3) is 0 Å². The van der Waals surface area contributed by atoms with E-state index in [4.69, 9.17) is 16.7 Å². The van der Waals surface area contributed by atoms with Gasteiger partial charge in [-0.2, -0.15) is 13.2 Å². The maximum absolute atomic E-state index is 12.9. The van der Waals surface area contributed by atoms with Gasteiger partial charge in [0.15, 0.2) is 0 Å². The predicted molar refractivity (Wildman–Crippen MR) is 67.5 cm³/mol. The molecule has 1 aliphatic heterocycles. The Labute approximate surface area is 116 Å². The molecule has 0 saturated carbocycles. The van der Waals surface area contributed by atoms with E-state index in [0.717, 1.165) is 6.08 Å². The van der Waals surface area contributed by atoms with E-state index in [1.165, 1.54) is 6.07 Å². The second kappa shape index (κ2) is 4.76. The SMILES string of the molecule is Cc1cc(Cl)cc2c1SC(C(F)(F)F)C(C(=O)O)=C2. The van der Waals surface area contributed by atoms with E-state index < -0.39 is 23.0 Å².